The summed E-state index contributed by atoms with van der Waals surface area (Å²) >= 11 is 0. The Balaban J connectivity index is 1.93. The van der Waals surface area contributed by atoms with E-state index in [1.807, 2.05) is 7.05 Å². The van der Waals surface area contributed by atoms with Gasteiger partial charge in [-0.05, 0) is 49.4 Å². The molecule has 0 radical (unpaired) electrons. The minimum absolute atomic E-state index is 0.519. The van der Waals surface area contributed by atoms with Crippen LogP contribution in [0.5, 0.6) is 0 Å². The SMILES string of the molecule is CN(CC#N)CCc1ccc2c(c1)CCC2. The number of rotatable bonds is 4. The highest BCUT2D eigenvalue weighted by molar-refractivity contribution is 5.35. The number of nitrogens with zero attached hydrogens (tertiary/aromatic N) is 2. The molecule has 84 valence electrons. The molecule has 0 spiro atoms. The first kappa shape index (κ1) is 11.2. The molecule has 1 aliphatic carbocycles. The summed E-state index contributed by atoms with van der Waals surface area (Å²) < 4.78 is 0. The van der Waals surface area contributed by atoms with Crippen molar-refractivity contribution in [2.75, 3.05) is 20.1 Å². The molecule has 2 heteroatoms. The topological polar surface area (TPSA) is 27.0 Å². The Hall–Kier alpha value is -1.33. The number of likely N-dealkylation sites (N-methyl/N-ethyl adjacent to an activating group) is 1. The van der Waals surface area contributed by atoms with Gasteiger partial charge in [-0.25, -0.2) is 0 Å². The highest BCUT2D eigenvalue weighted by atomic mass is 15.1. The molecule has 0 amide bonds. The van der Waals surface area contributed by atoms with Crippen molar-refractivity contribution in [3.63, 3.8) is 0 Å². The lowest BCUT2D eigenvalue weighted by atomic mass is 10.0. The molecule has 1 aliphatic rings. The van der Waals surface area contributed by atoms with Crippen molar-refractivity contribution in [1.29, 1.82) is 5.26 Å². The maximum Gasteiger partial charge on any atom is 0.0863 e. The van der Waals surface area contributed by atoms with Crippen molar-refractivity contribution in [3.05, 3.63) is 34.9 Å². The predicted octanol–water partition coefficient (Wildman–Crippen LogP) is 2.17. The fourth-order valence-electron chi connectivity index (χ4n) is 2.30. The second-order valence-electron chi connectivity index (χ2n) is 4.60. The van der Waals surface area contributed by atoms with Gasteiger partial charge in [0.1, 0.15) is 0 Å². The van der Waals surface area contributed by atoms with Gasteiger partial charge in [-0.2, -0.15) is 5.26 Å². The van der Waals surface area contributed by atoms with E-state index in [-0.39, 0.29) is 0 Å². The van der Waals surface area contributed by atoms with E-state index < -0.39 is 0 Å². The summed E-state index contributed by atoms with van der Waals surface area (Å²) in [6.45, 7) is 1.48. The molecule has 0 unspecified atom stereocenters. The number of benzene rings is 1. The maximum atomic E-state index is 8.57. The Labute approximate surface area is 97.5 Å². The van der Waals surface area contributed by atoms with Crippen molar-refractivity contribution in [2.45, 2.75) is 25.7 Å². The Kier molecular flexibility index (Phi) is 3.58. The van der Waals surface area contributed by atoms with E-state index in [9.17, 15) is 0 Å². The summed E-state index contributed by atoms with van der Waals surface area (Å²) in [4.78, 5) is 2.06. The van der Waals surface area contributed by atoms with Crippen molar-refractivity contribution < 1.29 is 0 Å². The van der Waals surface area contributed by atoms with E-state index in [0.29, 0.717) is 6.54 Å². The Morgan fingerprint density at radius 3 is 2.94 bits per heavy atom. The van der Waals surface area contributed by atoms with Gasteiger partial charge in [0.15, 0.2) is 0 Å². The summed E-state index contributed by atoms with van der Waals surface area (Å²) in [5, 5.41) is 8.57. The highest BCUT2D eigenvalue weighted by Crippen LogP contribution is 2.22. The van der Waals surface area contributed by atoms with Crippen LogP contribution in [-0.2, 0) is 19.3 Å². The van der Waals surface area contributed by atoms with Gasteiger partial charge in [0.25, 0.3) is 0 Å². The van der Waals surface area contributed by atoms with Crippen LogP contribution in [0.1, 0.15) is 23.1 Å². The van der Waals surface area contributed by atoms with E-state index in [1.54, 1.807) is 5.56 Å². The van der Waals surface area contributed by atoms with Crippen LogP contribution in [0.2, 0.25) is 0 Å². The van der Waals surface area contributed by atoms with Crippen LogP contribution in [0.4, 0.5) is 0 Å². The third kappa shape index (κ3) is 2.62. The van der Waals surface area contributed by atoms with Crippen molar-refractivity contribution in [2.24, 2.45) is 0 Å². The fraction of sp³-hybridized carbons (Fsp3) is 0.500. The third-order valence-corrected chi connectivity index (χ3v) is 3.29. The summed E-state index contributed by atoms with van der Waals surface area (Å²) in [5.74, 6) is 0. The molecule has 0 fully saturated rings. The van der Waals surface area contributed by atoms with Crippen LogP contribution in [0.15, 0.2) is 18.2 Å². The van der Waals surface area contributed by atoms with E-state index in [1.165, 1.54) is 30.4 Å². The normalized spacial score (nSPS) is 13.8. The summed E-state index contributed by atoms with van der Waals surface area (Å²) in [6.07, 6.45) is 4.86. The first-order valence-corrected chi connectivity index (χ1v) is 5.96. The van der Waals surface area contributed by atoms with E-state index >= 15 is 0 Å². The zero-order valence-corrected chi connectivity index (χ0v) is 9.87. The average Bonchev–Trinajstić information content (AvgIpc) is 2.74. The molecule has 0 heterocycles. The second-order valence-corrected chi connectivity index (χ2v) is 4.60. The molecule has 2 nitrogen and oxygen atoms in total. The first-order valence-electron chi connectivity index (χ1n) is 5.96. The second kappa shape index (κ2) is 5.14. The van der Waals surface area contributed by atoms with Crippen LogP contribution >= 0.6 is 0 Å². The van der Waals surface area contributed by atoms with Gasteiger partial charge in [0, 0.05) is 6.54 Å². The average molecular weight is 214 g/mol. The monoisotopic (exact) mass is 214 g/mol. The fourth-order valence-corrected chi connectivity index (χ4v) is 2.30. The molecule has 0 atom stereocenters. The van der Waals surface area contributed by atoms with Gasteiger partial charge in [-0.1, -0.05) is 18.2 Å². The van der Waals surface area contributed by atoms with Crippen LogP contribution < -0.4 is 0 Å². The molecule has 0 aromatic heterocycles. The summed E-state index contributed by atoms with van der Waals surface area (Å²) in [6, 6.07) is 9.04. The number of hydrogen-bond acceptors (Lipinski definition) is 2. The van der Waals surface area contributed by atoms with Crippen LogP contribution in [0.3, 0.4) is 0 Å². The molecule has 16 heavy (non-hydrogen) atoms. The van der Waals surface area contributed by atoms with E-state index in [0.717, 1.165) is 13.0 Å². The summed E-state index contributed by atoms with van der Waals surface area (Å²) in [7, 11) is 2.00. The molecule has 0 N–H and O–H groups in total. The smallest absolute Gasteiger partial charge is 0.0863 e. The molecule has 0 saturated heterocycles. The van der Waals surface area contributed by atoms with Crippen molar-refractivity contribution >= 4 is 0 Å². The van der Waals surface area contributed by atoms with Gasteiger partial charge in [-0.3, -0.25) is 4.90 Å². The molecule has 1 aromatic rings. The quantitative estimate of drug-likeness (QED) is 0.718. The van der Waals surface area contributed by atoms with Gasteiger partial charge < -0.3 is 0 Å². The Morgan fingerprint density at radius 1 is 1.31 bits per heavy atom. The predicted molar refractivity (Wildman–Crippen MR) is 65.3 cm³/mol. The van der Waals surface area contributed by atoms with Crippen LogP contribution in [0.25, 0.3) is 0 Å². The standard InChI is InChI=1S/C14H18N2/c1-16(10-8-15)9-7-12-5-6-13-3-2-4-14(13)11-12/h5-6,11H,2-4,7,9-10H2,1H3. The number of aryl methyl sites for hydroxylation is 2. The number of fused-ring (bicyclic) bond motifs is 1. The minimum Gasteiger partial charge on any atom is -0.293 e. The highest BCUT2D eigenvalue weighted by Gasteiger charge is 2.10. The molecule has 0 saturated carbocycles. The van der Waals surface area contributed by atoms with E-state index in [2.05, 4.69) is 29.2 Å². The van der Waals surface area contributed by atoms with E-state index in [4.69, 9.17) is 5.26 Å². The zero-order chi connectivity index (χ0) is 11.4. The van der Waals surface area contributed by atoms with Crippen molar-refractivity contribution in [1.82, 2.24) is 4.90 Å². The Bertz CT molecular complexity index is 404. The summed E-state index contributed by atoms with van der Waals surface area (Å²) in [5.41, 5.74) is 4.49. The number of hydrogen-bond donors (Lipinski definition) is 0. The molecule has 1 aromatic carbocycles. The lowest BCUT2D eigenvalue weighted by Crippen LogP contribution is -2.21. The molecule has 0 bridgehead atoms. The van der Waals surface area contributed by atoms with Gasteiger partial charge in [0.05, 0.1) is 12.6 Å². The van der Waals surface area contributed by atoms with Gasteiger partial charge >= 0.3 is 0 Å². The molecular formula is C14H18N2. The number of nitriles is 1. The lowest BCUT2D eigenvalue weighted by Gasteiger charge is -2.12. The first-order chi connectivity index (χ1) is 7.79. The third-order valence-electron chi connectivity index (χ3n) is 3.29. The molecular weight excluding hydrogens is 196 g/mol. The largest absolute Gasteiger partial charge is 0.293 e. The molecule has 2 rings (SSSR count). The minimum atomic E-state index is 0.519. The van der Waals surface area contributed by atoms with Gasteiger partial charge in [-0.15, -0.1) is 0 Å². The zero-order valence-electron chi connectivity index (χ0n) is 9.87. The lowest BCUT2D eigenvalue weighted by molar-refractivity contribution is 0.379. The Morgan fingerprint density at radius 2 is 2.12 bits per heavy atom. The maximum absolute atomic E-state index is 8.57. The van der Waals surface area contributed by atoms with Gasteiger partial charge in [0.2, 0.25) is 0 Å². The molecule has 0 aliphatic heterocycles. The van der Waals surface area contributed by atoms with Crippen molar-refractivity contribution in [3.8, 4) is 6.07 Å². The van der Waals surface area contributed by atoms with Crippen LogP contribution in [0, 0.1) is 11.3 Å². The van der Waals surface area contributed by atoms with Crippen LogP contribution in [-0.4, -0.2) is 25.0 Å².